The molecule has 5 heteroatoms. The summed E-state index contributed by atoms with van der Waals surface area (Å²) in [6, 6.07) is 0.355. The number of ether oxygens (including phenoxy) is 1. The summed E-state index contributed by atoms with van der Waals surface area (Å²) in [5.41, 5.74) is 1.06. The van der Waals surface area contributed by atoms with E-state index in [1.807, 2.05) is 0 Å². The van der Waals surface area contributed by atoms with E-state index in [-0.39, 0.29) is 12.7 Å². The van der Waals surface area contributed by atoms with Crippen LogP contribution in [-0.4, -0.2) is 35.4 Å². The SMILES string of the molecule is CCCc1nc(N2CC(C)OCC2C)sc1CO. The molecule has 4 nitrogen and oxygen atoms in total. The largest absolute Gasteiger partial charge is 0.391 e. The molecule has 2 unspecified atom stereocenters. The lowest BCUT2D eigenvalue weighted by molar-refractivity contribution is 0.0343. The number of aryl methyl sites for hydroxylation is 1. The van der Waals surface area contributed by atoms with E-state index in [0.29, 0.717) is 6.04 Å². The highest BCUT2D eigenvalue weighted by atomic mass is 32.1. The van der Waals surface area contributed by atoms with E-state index >= 15 is 0 Å². The summed E-state index contributed by atoms with van der Waals surface area (Å²) < 4.78 is 5.64. The zero-order valence-corrected chi connectivity index (χ0v) is 12.2. The molecule has 0 saturated carbocycles. The highest BCUT2D eigenvalue weighted by Gasteiger charge is 2.26. The third-order valence-electron chi connectivity index (χ3n) is 3.25. The van der Waals surface area contributed by atoms with Gasteiger partial charge in [-0.2, -0.15) is 0 Å². The highest BCUT2D eigenvalue weighted by molar-refractivity contribution is 7.15. The van der Waals surface area contributed by atoms with E-state index in [2.05, 4.69) is 25.7 Å². The number of morpholine rings is 1. The van der Waals surface area contributed by atoms with Gasteiger partial charge in [-0.1, -0.05) is 24.7 Å². The maximum Gasteiger partial charge on any atom is 0.186 e. The van der Waals surface area contributed by atoms with Gasteiger partial charge < -0.3 is 14.7 Å². The molecular weight excluding hydrogens is 248 g/mol. The summed E-state index contributed by atoms with van der Waals surface area (Å²) in [6.07, 6.45) is 2.25. The average molecular weight is 270 g/mol. The molecule has 1 aromatic heterocycles. The topological polar surface area (TPSA) is 45.6 Å². The molecule has 0 bridgehead atoms. The monoisotopic (exact) mass is 270 g/mol. The quantitative estimate of drug-likeness (QED) is 0.911. The number of thiazole rings is 1. The number of rotatable bonds is 4. The first kappa shape index (κ1) is 13.8. The lowest BCUT2D eigenvalue weighted by atomic mass is 10.2. The fourth-order valence-corrected chi connectivity index (χ4v) is 3.30. The van der Waals surface area contributed by atoms with Crippen molar-refractivity contribution in [1.29, 1.82) is 0 Å². The lowest BCUT2D eigenvalue weighted by Gasteiger charge is -2.36. The molecule has 2 rings (SSSR count). The Hall–Kier alpha value is -0.650. The molecule has 2 atom stereocenters. The van der Waals surface area contributed by atoms with Crippen LogP contribution in [0.4, 0.5) is 5.13 Å². The normalized spacial score (nSPS) is 24.6. The van der Waals surface area contributed by atoms with Crippen molar-refractivity contribution in [2.45, 2.75) is 52.4 Å². The number of aliphatic hydroxyl groups is 1. The first-order valence-corrected chi connectivity index (χ1v) is 7.45. The first-order valence-electron chi connectivity index (χ1n) is 6.63. The molecular formula is C13H22N2O2S. The summed E-state index contributed by atoms with van der Waals surface area (Å²) in [5.74, 6) is 0. The molecule has 0 amide bonds. The van der Waals surface area contributed by atoms with E-state index in [9.17, 15) is 5.11 Å². The summed E-state index contributed by atoms with van der Waals surface area (Å²) in [6.45, 7) is 8.11. The Labute approximate surface area is 113 Å². The van der Waals surface area contributed by atoms with Crippen LogP contribution >= 0.6 is 11.3 Å². The first-order chi connectivity index (χ1) is 8.65. The Morgan fingerprint density at radius 1 is 1.50 bits per heavy atom. The van der Waals surface area contributed by atoms with Gasteiger partial charge in [0.25, 0.3) is 0 Å². The van der Waals surface area contributed by atoms with Crippen molar-refractivity contribution in [2.24, 2.45) is 0 Å². The zero-order valence-electron chi connectivity index (χ0n) is 11.3. The zero-order chi connectivity index (χ0) is 13.1. The summed E-state index contributed by atoms with van der Waals surface area (Å²) >= 11 is 1.62. The molecule has 102 valence electrons. The van der Waals surface area contributed by atoms with Gasteiger partial charge in [0.1, 0.15) is 0 Å². The van der Waals surface area contributed by atoms with Gasteiger partial charge in [0.2, 0.25) is 0 Å². The van der Waals surface area contributed by atoms with Gasteiger partial charge in [0.05, 0.1) is 35.9 Å². The van der Waals surface area contributed by atoms with Crippen LogP contribution in [0.3, 0.4) is 0 Å². The number of aromatic nitrogens is 1. The second-order valence-electron chi connectivity index (χ2n) is 4.92. The maximum atomic E-state index is 9.40. The molecule has 0 spiro atoms. The fourth-order valence-electron chi connectivity index (χ4n) is 2.22. The van der Waals surface area contributed by atoms with Crippen LogP contribution in [0.2, 0.25) is 0 Å². The summed E-state index contributed by atoms with van der Waals surface area (Å²) in [7, 11) is 0. The summed E-state index contributed by atoms with van der Waals surface area (Å²) in [4.78, 5) is 8.02. The van der Waals surface area contributed by atoms with Crippen LogP contribution in [0.25, 0.3) is 0 Å². The number of anilines is 1. The number of nitrogens with zero attached hydrogens (tertiary/aromatic N) is 2. The maximum absolute atomic E-state index is 9.40. The smallest absolute Gasteiger partial charge is 0.186 e. The molecule has 18 heavy (non-hydrogen) atoms. The predicted octanol–water partition coefficient (Wildman–Crippen LogP) is 2.20. The molecule has 1 fully saturated rings. The van der Waals surface area contributed by atoms with Crippen LogP contribution < -0.4 is 4.90 Å². The minimum absolute atomic E-state index is 0.0985. The molecule has 2 heterocycles. The van der Waals surface area contributed by atoms with Crippen LogP contribution in [0, 0.1) is 0 Å². The van der Waals surface area contributed by atoms with Crippen molar-refractivity contribution < 1.29 is 9.84 Å². The van der Waals surface area contributed by atoms with Gasteiger partial charge in [-0.25, -0.2) is 4.98 Å². The fraction of sp³-hybridized carbons (Fsp3) is 0.769. The van der Waals surface area contributed by atoms with Crippen LogP contribution in [-0.2, 0) is 17.8 Å². The van der Waals surface area contributed by atoms with E-state index in [0.717, 1.165) is 41.7 Å². The van der Waals surface area contributed by atoms with Crippen molar-refractivity contribution >= 4 is 16.5 Å². The van der Waals surface area contributed by atoms with E-state index < -0.39 is 0 Å². The molecule has 0 aliphatic carbocycles. The lowest BCUT2D eigenvalue weighted by Crippen LogP contribution is -2.47. The van der Waals surface area contributed by atoms with Crippen molar-refractivity contribution in [3.8, 4) is 0 Å². The molecule has 1 aliphatic rings. The molecule has 1 aromatic rings. The van der Waals surface area contributed by atoms with E-state index in [1.165, 1.54) is 0 Å². The Morgan fingerprint density at radius 3 is 2.94 bits per heavy atom. The second-order valence-corrected chi connectivity index (χ2v) is 5.98. The van der Waals surface area contributed by atoms with Crippen molar-refractivity contribution in [3.05, 3.63) is 10.6 Å². The highest BCUT2D eigenvalue weighted by Crippen LogP contribution is 2.30. The van der Waals surface area contributed by atoms with Gasteiger partial charge in [-0.15, -0.1) is 0 Å². The van der Waals surface area contributed by atoms with Crippen LogP contribution in [0.15, 0.2) is 0 Å². The van der Waals surface area contributed by atoms with E-state index in [1.54, 1.807) is 11.3 Å². The van der Waals surface area contributed by atoms with Crippen LogP contribution in [0.1, 0.15) is 37.8 Å². The van der Waals surface area contributed by atoms with E-state index in [4.69, 9.17) is 9.72 Å². The molecule has 1 N–H and O–H groups in total. The number of hydrogen-bond donors (Lipinski definition) is 1. The van der Waals surface area contributed by atoms with Gasteiger partial charge >= 0.3 is 0 Å². The predicted molar refractivity (Wildman–Crippen MR) is 74.3 cm³/mol. The summed E-state index contributed by atoms with van der Waals surface area (Å²) in [5, 5.41) is 10.4. The Kier molecular flexibility index (Phi) is 4.59. The van der Waals surface area contributed by atoms with Crippen LogP contribution in [0.5, 0.6) is 0 Å². The van der Waals surface area contributed by atoms with Gasteiger partial charge in [0.15, 0.2) is 5.13 Å². The standard InChI is InChI=1S/C13H22N2O2S/c1-4-5-11-12(7-16)18-13(14-11)15-6-10(3)17-8-9(15)2/h9-10,16H,4-8H2,1-3H3. The van der Waals surface area contributed by atoms with Gasteiger partial charge in [0, 0.05) is 6.54 Å². The minimum Gasteiger partial charge on any atom is -0.391 e. The van der Waals surface area contributed by atoms with Crippen molar-refractivity contribution in [2.75, 3.05) is 18.1 Å². The van der Waals surface area contributed by atoms with Crippen molar-refractivity contribution in [3.63, 3.8) is 0 Å². The second kappa shape index (κ2) is 5.99. The Balaban J connectivity index is 2.21. The number of aliphatic hydroxyl groups excluding tert-OH is 1. The minimum atomic E-state index is 0.0985. The Morgan fingerprint density at radius 2 is 2.28 bits per heavy atom. The van der Waals surface area contributed by atoms with Crippen molar-refractivity contribution in [1.82, 2.24) is 4.98 Å². The van der Waals surface area contributed by atoms with Gasteiger partial charge in [-0.3, -0.25) is 0 Å². The average Bonchev–Trinajstić information content (AvgIpc) is 2.76. The Bertz CT molecular complexity index is 394. The molecule has 1 aliphatic heterocycles. The molecule has 0 radical (unpaired) electrons. The molecule has 0 aromatic carbocycles. The number of hydrogen-bond acceptors (Lipinski definition) is 5. The molecule has 1 saturated heterocycles. The third kappa shape index (κ3) is 2.84. The third-order valence-corrected chi connectivity index (χ3v) is 4.37. The van der Waals surface area contributed by atoms with Gasteiger partial charge in [-0.05, 0) is 20.3 Å².